The number of sulfone groups is 1. The SMILES string of the molecule is COC(=O)CCN(C)CCS(=O)(=O)c1cccc(CN)c1. The molecule has 1 aromatic rings. The first-order valence-corrected chi connectivity index (χ1v) is 8.31. The van der Waals surface area contributed by atoms with E-state index in [1.54, 1.807) is 36.2 Å². The lowest BCUT2D eigenvalue weighted by atomic mass is 10.2. The Morgan fingerprint density at radius 2 is 2.05 bits per heavy atom. The van der Waals surface area contributed by atoms with Crippen molar-refractivity contribution in [3.8, 4) is 0 Å². The fraction of sp³-hybridized carbons (Fsp3) is 0.500. The molecule has 0 radical (unpaired) electrons. The second-order valence-corrected chi connectivity index (χ2v) is 6.91. The van der Waals surface area contributed by atoms with Gasteiger partial charge in [-0.15, -0.1) is 0 Å². The zero-order valence-corrected chi connectivity index (χ0v) is 13.2. The van der Waals surface area contributed by atoms with Gasteiger partial charge in [-0.2, -0.15) is 0 Å². The third kappa shape index (κ3) is 5.82. The molecule has 2 N–H and O–H groups in total. The second kappa shape index (κ2) is 8.11. The van der Waals surface area contributed by atoms with Gasteiger partial charge in [-0.1, -0.05) is 12.1 Å². The van der Waals surface area contributed by atoms with E-state index in [2.05, 4.69) is 4.74 Å². The Hall–Kier alpha value is -1.44. The molecule has 21 heavy (non-hydrogen) atoms. The zero-order valence-electron chi connectivity index (χ0n) is 12.4. The number of esters is 1. The van der Waals surface area contributed by atoms with Crippen molar-refractivity contribution >= 4 is 15.8 Å². The Labute approximate surface area is 125 Å². The molecule has 118 valence electrons. The van der Waals surface area contributed by atoms with Crippen LogP contribution in [0.5, 0.6) is 0 Å². The van der Waals surface area contributed by atoms with E-state index in [1.165, 1.54) is 7.11 Å². The molecule has 0 aliphatic carbocycles. The lowest BCUT2D eigenvalue weighted by Crippen LogP contribution is -2.28. The number of nitrogens with two attached hydrogens (primary N) is 1. The van der Waals surface area contributed by atoms with Crippen molar-refractivity contribution in [2.75, 3.05) is 33.0 Å². The molecule has 0 saturated heterocycles. The third-order valence-corrected chi connectivity index (χ3v) is 4.85. The van der Waals surface area contributed by atoms with Crippen LogP contribution in [0.25, 0.3) is 0 Å². The van der Waals surface area contributed by atoms with Gasteiger partial charge in [0, 0.05) is 19.6 Å². The maximum Gasteiger partial charge on any atom is 0.306 e. The number of carbonyl (C=O) groups is 1. The normalized spacial score (nSPS) is 11.6. The average molecular weight is 314 g/mol. The van der Waals surface area contributed by atoms with E-state index >= 15 is 0 Å². The highest BCUT2D eigenvalue weighted by atomic mass is 32.2. The molecule has 6 nitrogen and oxygen atoms in total. The Bertz CT molecular complexity index is 572. The molecule has 0 aliphatic rings. The summed E-state index contributed by atoms with van der Waals surface area (Å²) in [6.45, 7) is 1.12. The van der Waals surface area contributed by atoms with Crippen LogP contribution in [0.2, 0.25) is 0 Å². The molecule has 7 heteroatoms. The minimum Gasteiger partial charge on any atom is -0.469 e. The minimum absolute atomic E-state index is 0.00129. The molecule has 0 atom stereocenters. The van der Waals surface area contributed by atoms with Crippen molar-refractivity contribution in [3.63, 3.8) is 0 Å². The summed E-state index contributed by atoms with van der Waals surface area (Å²) in [7, 11) is -0.242. The summed E-state index contributed by atoms with van der Waals surface area (Å²) in [6.07, 6.45) is 0.246. The summed E-state index contributed by atoms with van der Waals surface area (Å²) < 4.78 is 29.0. The molecular formula is C14H22N2O4S. The fourth-order valence-corrected chi connectivity index (χ4v) is 3.16. The predicted molar refractivity (Wildman–Crippen MR) is 80.5 cm³/mol. The highest BCUT2D eigenvalue weighted by molar-refractivity contribution is 7.91. The predicted octanol–water partition coefficient (Wildman–Crippen LogP) is 0.414. The van der Waals surface area contributed by atoms with Crippen LogP contribution in [0.4, 0.5) is 0 Å². The quantitative estimate of drug-likeness (QED) is 0.699. The van der Waals surface area contributed by atoms with Crippen LogP contribution >= 0.6 is 0 Å². The molecule has 0 spiro atoms. The molecule has 0 saturated carbocycles. The number of ether oxygens (including phenoxy) is 1. The van der Waals surface area contributed by atoms with Crippen molar-refractivity contribution in [3.05, 3.63) is 29.8 Å². The van der Waals surface area contributed by atoms with Gasteiger partial charge in [-0.25, -0.2) is 8.42 Å². The van der Waals surface area contributed by atoms with Crippen LogP contribution in [0.1, 0.15) is 12.0 Å². The van der Waals surface area contributed by atoms with Gasteiger partial charge in [0.15, 0.2) is 9.84 Å². The first-order valence-electron chi connectivity index (χ1n) is 6.66. The zero-order chi connectivity index (χ0) is 15.9. The minimum atomic E-state index is -3.35. The van der Waals surface area contributed by atoms with E-state index in [-0.39, 0.29) is 23.0 Å². The van der Waals surface area contributed by atoms with Gasteiger partial charge in [0.05, 0.1) is 24.2 Å². The van der Waals surface area contributed by atoms with Gasteiger partial charge in [0.1, 0.15) is 0 Å². The van der Waals surface area contributed by atoms with E-state index in [0.29, 0.717) is 19.6 Å². The van der Waals surface area contributed by atoms with Crippen molar-refractivity contribution < 1.29 is 17.9 Å². The molecule has 0 heterocycles. The van der Waals surface area contributed by atoms with Crippen molar-refractivity contribution in [2.45, 2.75) is 17.9 Å². The first kappa shape index (κ1) is 17.6. The van der Waals surface area contributed by atoms with Gasteiger partial charge in [-0.05, 0) is 24.7 Å². The van der Waals surface area contributed by atoms with E-state index in [1.807, 2.05) is 0 Å². The van der Waals surface area contributed by atoms with Crippen LogP contribution in [0.15, 0.2) is 29.2 Å². The van der Waals surface area contributed by atoms with Gasteiger partial charge in [-0.3, -0.25) is 4.79 Å². The van der Waals surface area contributed by atoms with Crippen LogP contribution in [0.3, 0.4) is 0 Å². The summed E-state index contributed by atoms with van der Waals surface area (Å²) in [5.41, 5.74) is 6.31. The summed E-state index contributed by atoms with van der Waals surface area (Å²) in [5, 5.41) is 0. The highest BCUT2D eigenvalue weighted by Gasteiger charge is 2.16. The number of benzene rings is 1. The summed E-state index contributed by atoms with van der Waals surface area (Å²) >= 11 is 0. The monoisotopic (exact) mass is 314 g/mol. The van der Waals surface area contributed by atoms with Gasteiger partial charge in [0.25, 0.3) is 0 Å². The van der Waals surface area contributed by atoms with Crippen LogP contribution in [0, 0.1) is 0 Å². The third-order valence-electron chi connectivity index (χ3n) is 3.16. The standard InChI is InChI=1S/C14H22N2O4S/c1-16(7-6-14(17)20-2)8-9-21(18,19)13-5-3-4-12(10-13)11-15/h3-5,10H,6-9,11,15H2,1-2H3. The highest BCUT2D eigenvalue weighted by Crippen LogP contribution is 2.13. The molecule has 0 fully saturated rings. The van der Waals surface area contributed by atoms with Crippen molar-refractivity contribution in [1.29, 1.82) is 0 Å². The van der Waals surface area contributed by atoms with Crippen LogP contribution in [-0.2, 0) is 25.9 Å². The van der Waals surface area contributed by atoms with E-state index < -0.39 is 9.84 Å². The molecule has 0 amide bonds. The number of rotatable bonds is 8. The lowest BCUT2D eigenvalue weighted by molar-refractivity contribution is -0.140. The molecule has 0 bridgehead atoms. The maximum atomic E-state index is 12.2. The first-order chi connectivity index (χ1) is 9.89. The van der Waals surface area contributed by atoms with E-state index in [9.17, 15) is 13.2 Å². The maximum absolute atomic E-state index is 12.2. The van der Waals surface area contributed by atoms with Gasteiger partial charge in [0.2, 0.25) is 0 Å². The molecular weight excluding hydrogens is 292 g/mol. The van der Waals surface area contributed by atoms with Crippen molar-refractivity contribution in [2.24, 2.45) is 5.73 Å². The van der Waals surface area contributed by atoms with Crippen molar-refractivity contribution in [1.82, 2.24) is 4.90 Å². The van der Waals surface area contributed by atoms with Gasteiger partial charge < -0.3 is 15.4 Å². The van der Waals surface area contributed by atoms with E-state index in [4.69, 9.17) is 5.73 Å². The lowest BCUT2D eigenvalue weighted by Gasteiger charge is -2.16. The molecule has 1 rings (SSSR count). The Kier molecular flexibility index (Phi) is 6.80. The Morgan fingerprint density at radius 1 is 1.33 bits per heavy atom. The summed E-state index contributed by atoms with van der Waals surface area (Å²) in [4.78, 5) is 13.1. The largest absolute Gasteiger partial charge is 0.469 e. The Balaban J connectivity index is 2.58. The number of hydrogen-bond donors (Lipinski definition) is 1. The summed E-state index contributed by atoms with van der Waals surface area (Å²) in [6, 6.07) is 6.66. The number of hydrogen-bond acceptors (Lipinski definition) is 6. The molecule has 0 unspecified atom stereocenters. The second-order valence-electron chi connectivity index (χ2n) is 4.80. The average Bonchev–Trinajstić information content (AvgIpc) is 2.50. The number of carbonyl (C=O) groups excluding carboxylic acids is 1. The molecule has 1 aromatic carbocycles. The van der Waals surface area contributed by atoms with Crippen LogP contribution in [-0.4, -0.2) is 52.3 Å². The van der Waals surface area contributed by atoms with E-state index in [0.717, 1.165) is 5.56 Å². The van der Waals surface area contributed by atoms with Gasteiger partial charge >= 0.3 is 5.97 Å². The Morgan fingerprint density at radius 3 is 2.67 bits per heavy atom. The fourth-order valence-electron chi connectivity index (χ4n) is 1.76. The topological polar surface area (TPSA) is 89.7 Å². The smallest absolute Gasteiger partial charge is 0.306 e. The van der Waals surface area contributed by atoms with Crippen LogP contribution < -0.4 is 5.73 Å². The molecule has 0 aromatic heterocycles. The molecule has 0 aliphatic heterocycles. The summed E-state index contributed by atoms with van der Waals surface area (Å²) in [5.74, 6) is -0.307. The number of methoxy groups -OCH3 is 1. The number of nitrogens with zero attached hydrogens (tertiary/aromatic N) is 1.